The average Bonchev–Trinajstić information content (AvgIpc) is 3.12. The van der Waals surface area contributed by atoms with E-state index in [0.29, 0.717) is 11.4 Å². The van der Waals surface area contributed by atoms with E-state index in [4.69, 9.17) is 0 Å². The van der Waals surface area contributed by atoms with Crippen molar-refractivity contribution in [2.45, 2.75) is 50.6 Å². The molecule has 0 radical (unpaired) electrons. The Hall–Kier alpha value is -3.17. The quantitative estimate of drug-likeness (QED) is 0.580. The number of nitrogens with zero attached hydrogens (tertiary/aromatic N) is 3. The van der Waals surface area contributed by atoms with Crippen molar-refractivity contribution in [1.29, 1.82) is 0 Å². The number of alkyl halides is 2. The molecule has 0 bridgehead atoms. The molecular weight excluding hydrogens is 414 g/mol. The number of benzene rings is 1. The predicted molar refractivity (Wildman–Crippen MR) is 106 cm³/mol. The van der Waals surface area contributed by atoms with Crippen LogP contribution in [-0.4, -0.2) is 32.5 Å². The Bertz CT molecular complexity index is 1090. The maximum Gasteiger partial charge on any atom is 0.256 e. The van der Waals surface area contributed by atoms with Crippen molar-refractivity contribution < 1.29 is 22.4 Å². The maximum absolute atomic E-state index is 13.5. The van der Waals surface area contributed by atoms with E-state index in [1.165, 1.54) is 22.8 Å². The van der Waals surface area contributed by atoms with Gasteiger partial charge in [-0.15, -0.1) is 0 Å². The van der Waals surface area contributed by atoms with Crippen molar-refractivity contribution in [2.75, 3.05) is 5.32 Å². The Morgan fingerprint density at radius 2 is 1.87 bits per heavy atom. The molecule has 1 aliphatic rings. The molecule has 0 saturated heterocycles. The second-order valence-electron chi connectivity index (χ2n) is 7.81. The number of hydrogen-bond acceptors (Lipinski definition) is 4. The van der Waals surface area contributed by atoms with E-state index in [1.54, 1.807) is 19.2 Å². The summed E-state index contributed by atoms with van der Waals surface area (Å²) < 4.78 is 55.1. The van der Waals surface area contributed by atoms with Gasteiger partial charge in [0.1, 0.15) is 23.0 Å². The SMILES string of the molecule is C[C@@H](Nc1ccn2ncc(C(=O)NC3CCC(F)(F)CC3)c2n1)c1cc(F)cc(F)c1. The molecule has 1 saturated carbocycles. The van der Waals surface area contributed by atoms with E-state index in [1.807, 2.05) is 0 Å². The number of anilines is 1. The normalized spacial score (nSPS) is 17.5. The molecule has 0 spiro atoms. The van der Waals surface area contributed by atoms with E-state index in [9.17, 15) is 22.4 Å². The second-order valence-corrected chi connectivity index (χ2v) is 7.81. The minimum atomic E-state index is -2.67. The Labute approximate surface area is 175 Å². The Morgan fingerprint density at radius 1 is 1.19 bits per heavy atom. The minimum Gasteiger partial charge on any atom is -0.363 e. The highest BCUT2D eigenvalue weighted by atomic mass is 19.3. The van der Waals surface area contributed by atoms with Crippen molar-refractivity contribution in [1.82, 2.24) is 19.9 Å². The van der Waals surface area contributed by atoms with E-state index >= 15 is 0 Å². The van der Waals surface area contributed by atoms with Gasteiger partial charge >= 0.3 is 0 Å². The fourth-order valence-corrected chi connectivity index (χ4v) is 3.69. The first-order valence-corrected chi connectivity index (χ1v) is 9.96. The number of rotatable bonds is 5. The fraction of sp³-hybridized carbons (Fsp3) is 0.381. The van der Waals surface area contributed by atoms with Crippen molar-refractivity contribution in [3.63, 3.8) is 0 Å². The van der Waals surface area contributed by atoms with Crippen LogP contribution < -0.4 is 10.6 Å². The van der Waals surface area contributed by atoms with Crippen LogP contribution in [0, 0.1) is 11.6 Å². The van der Waals surface area contributed by atoms with Crippen LogP contribution in [0.15, 0.2) is 36.7 Å². The Morgan fingerprint density at radius 3 is 2.55 bits per heavy atom. The summed E-state index contributed by atoms with van der Waals surface area (Å²) in [6, 6.07) is 4.09. The molecule has 6 nitrogen and oxygen atoms in total. The van der Waals surface area contributed by atoms with E-state index in [-0.39, 0.29) is 42.9 Å². The summed E-state index contributed by atoms with van der Waals surface area (Å²) in [7, 11) is 0. The number of nitrogens with one attached hydrogen (secondary N) is 2. The first kappa shape index (κ1) is 21.1. The molecule has 10 heteroatoms. The van der Waals surface area contributed by atoms with Crippen LogP contribution in [0.1, 0.15) is 54.6 Å². The van der Waals surface area contributed by atoms with Crippen molar-refractivity contribution in [3.8, 4) is 0 Å². The lowest BCUT2D eigenvalue weighted by molar-refractivity contribution is -0.0399. The largest absolute Gasteiger partial charge is 0.363 e. The summed E-state index contributed by atoms with van der Waals surface area (Å²) >= 11 is 0. The molecule has 1 amide bonds. The summed E-state index contributed by atoms with van der Waals surface area (Å²) in [6.45, 7) is 1.73. The first-order chi connectivity index (χ1) is 14.7. The first-order valence-electron chi connectivity index (χ1n) is 9.96. The van der Waals surface area contributed by atoms with Crippen LogP contribution in [0.25, 0.3) is 5.65 Å². The second kappa shape index (κ2) is 8.16. The van der Waals surface area contributed by atoms with E-state index < -0.39 is 29.5 Å². The highest BCUT2D eigenvalue weighted by Gasteiger charge is 2.35. The molecule has 0 unspecified atom stereocenters. The van der Waals surface area contributed by atoms with Crippen LogP contribution >= 0.6 is 0 Å². The third-order valence-electron chi connectivity index (χ3n) is 5.42. The minimum absolute atomic E-state index is 0.208. The zero-order chi connectivity index (χ0) is 22.2. The topological polar surface area (TPSA) is 71.3 Å². The molecule has 164 valence electrons. The molecular formula is C21H21F4N5O. The highest BCUT2D eigenvalue weighted by Crippen LogP contribution is 2.33. The van der Waals surface area contributed by atoms with Gasteiger partial charge in [-0.3, -0.25) is 4.79 Å². The molecule has 2 aromatic heterocycles. The van der Waals surface area contributed by atoms with Gasteiger partial charge in [-0.25, -0.2) is 27.1 Å². The number of halogens is 4. The number of hydrogen-bond donors (Lipinski definition) is 2. The molecule has 1 atom stereocenters. The number of fused-ring (bicyclic) bond motifs is 1. The van der Waals surface area contributed by atoms with Crippen molar-refractivity contribution in [2.24, 2.45) is 0 Å². The lowest BCUT2D eigenvalue weighted by Crippen LogP contribution is -2.40. The summed E-state index contributed by atoms with van der Waals surface area (Å²) in [5.41, 5.74) is 0.895. The zero-order valence-electron chi connectivity index (χ0n) is 16.7. The van der Waals surface area contributed by atoms with Crippen molar-refractivity contribution >= 4 is 17.4 Å². The Kier molecular flexibility index (Phi) is 5.55. The molecule has 3 aromatic rings. The fourth-order valence-electron chi connectivity index (χ4n) is 3.69. The van der Waals surface area contributed by atoms with Gasteiger partial charge < -0.3 is 10.6 Å². The third-order valence-corrected chi connectivity index (χ3v) is 5.42. The van der Waals surface area contributed by atoms with Crippen LogP contribution in [0.4, 0.5) is 23.4 Å². The molecule has 4 rings (SSSR count). The van der Waals surface area contributed by atoms with Gasteiger partial charge in [-0.2, -0.15) is 5.10 Å². The lowest BCUT2D eigenvalue weighted by atomic mass is 9.92. The van der Waals surface area contributed by atoms with Gasteiger partial charge in [0.15, 0.2) is 5.65 Å². The number of amides is 1. The smallest absolute Gasteiger partial charge is 0.256 e. The number of aromatic nitrogens is 3. The number of carbonyl (C=O) groups excluding carboxylic acids is 1. The van der Waals surface area contributed by atoms with Gasteiger partial charge in [0.2, 0.25) is 5.92 Å². The average molecular weight is 435 g/mol. The monoisotopic (exact) mass is 435 g/mol. The van der Waals surface area contributed by atoms with Crippen LogP contribution in [0.3, 0.4) is 0 Å². The van der Waals surface area contributed by atoms with Crippen LogP contribution in [0.2, 0.25) is 0 Å². The van der Waals surface area contributed by atoms with Gasteiger partial charge in [-0.1, -0.05) is 0 Å². The standard InChI is InChI=1S/C21H21F4N5O/c1-12(13-8-14(22)10-15(23)9-13)27-18-4-7-30-19(29-18)17(11-26-30)20(31)28-16-2-5-21(24,25)6-3-16/h4,7-12,16H,2-3,5-6H2,1H3,(H,27,29)(H,28,31)/t12-/m1/s1. The number of carbonyl (C=O) groups is 1. The lowest BCUT2D eigenvalue weighted by Gasteiger charge is -2.28. The maximum atomic E-state index is 13.5. The van der Waals surface area contributed by atoms with Crippen LogP contribution in [-0.2, 0) is 0 Å². The molecule has 1 fully saturated rings. The van der Waals surface area contributed by atoms with Crippen LogP contribution in [0.5, 0.6) is 0 Å². The molecule has 31 heavy (non-hydrogen) atoms. The predicted octanol–water partition coefficient (Wildman–Crippen LogP) is 4.49. The Balaban J connectivity index is 1.50. The van der Waals surface area contributed by atoms with E-state index in [0.717, 1.165) is 6.07 Å². The molecule has 2 heterocycles. The van der Waals surface area contributed by atoms with Gasteiger partial charge in [0.25, 0.3) is 5.91 Å². The molecule has 0 aliphatic heterocycles. The van der Waals surface area contributed by atoms with Crippen molar-refractivity contribution in [3.05, 3.63) is 59.4 Å². The third kappa shape index (κ3) is 4.78. The summed E-state index contributed by atoms with van der Waals surface area (Å²) in [5, 5.41) is 9.93. The molecule has 2 N–H and O–H groups in total. The van der Waals surface area contributed by atoms with Gasteiger partial charge in [0.05, 0.1) is 12.2 Å². The van der Waals surface area contributed by atoms with Gasteiger partial charge in [-0.05, 0) is 43.5 Å². The molecule has 1 aromatic carbocycles. The summed E-state index contributed by atoms with van der Waals surface area (Å²) in [5.74, 6) is -4.08. The molecule has 1 aliphatic carbocycles. The van der Waals surface area contributed by atoms with E-state index in [2.05, 4.69) is 20.7 Å². The summed E-state index contributed by atoms with van der Waals surface area (Å²) in [6.07, 6.45) is 2.88. The summed E-state index contributed by atoms with van der Waals surface area (Å²) in [4.78, 5) is 17.1. The zero-order valence-corrected chi connectivity index (χ0v) is 16.7. The van der Waals surface area contributed by atoms with Gasteiger partial charge in [0, 0.05) is 31.1 Å². The highest BCUT2D eigenvalue weighted by molar-refractivity contribution is 5.99.